The fraction of sp³-hybridized carbons (Fsp3) is 0.409. The molecule has 3 heterocycles. The molecule has 1 amide bonds. The minimum atomic E-state index is -0.350. The number of nitrogens with one attached hydrogen (secondary N) is 1. The van der Waals surface area contributed by atoms with E-state index in [-0.39, 0.29) is 11.7 Å². The maximum Gasteiger partial charge on any atom is 0.293 e. The average molecular weight is 410 g/mol. The molecule has 8 nitrogen and oxygen atoms in total. The molecule has 0 saturated carbocycles. The largest absolute Gasteiger partial charge is 0.492 e. The van der Waals surface area contributed by atoms with Crippen LogP contribution in [0.1, 0.15) is 40.5 Å². The summed E-state index contributed by atoms with van der Waals surface area (Å²) < 4.78 is 16.7. The molecular weight excluding hydrogens is 384 g/mol. The molecule has 0 aliphatic carbocycles. The fourth-order valence-electron chi connectivity index (χ4n) is 3.80. The van der Waals surface area contributed by atoms with Crippen molar-refractivity contribution in [2.45, 2.75) is 33.6 Å². The maximum atomic E-state index is 12.5. The van der Waals surface area contributed by atoms with Crippen molar-refractivity contribution < 1.29 is 18.5 Å². The van der Waals surface area contributed by atoms with Crippen molar-refractivity contribution in [3.63, 3.8) is 0 Å². The van der Waals surface area contributed by atoms with Crippen LogP contribution in [-0.2, 0) is 0 Å². The molecule has 1 saturated heterocycles. The van der Waals surface area contributed by atoms with Gasteiger partial charge in [-0.3, -0.25) is 9.69 Å². The van der Waals surface area contributed by atoms with Crippen molar-refractivity contribution in [1.29, 1.82) is 0 Å². The average Bonchev–Trinajstić information content (AvgIpc) is 3.45. The quantitative estimate of drug-likeness (QED) is 0.629. The molecule has 0 bridgehead atoms. The minimum Gasteiger partial charge on any atom is -0.492 e. The second kappa shape index (κ2) is 8.71. The predicted molar refractivity (Wildman–Crippen MR) is 112 cm³/mol. The molecule has 158 valence electrons. The Kier molecular flexibility index (Phi) is 5.85. The number of benzene rings is 1. The zero-order chi connectivity index (χ0) is 21.1. The minimum absolute atomic E-state index is 0.194. The van der Waals surface area contributed by atoms with Gasteiger partial charge in [-0.1, -0.05) is 5.16 Å². The Labute approximate surface area is 175 Å². The van der Waals surface area contributed by atoms with Crippen LogP contribution < -0.4 is 10.1 Å². The van der Waals surface area contributed by atoms with Gasteiger partial charge in [0.1, 0.15) is 18.1 Å². The van der Waals surface area contributed by atoms with Gasteiger partial charge in [-0.05, 0) is 64.9 Å². The number of rotatable bonds is 7. The van der Waals surface area contributed by atoms with Crippen LogP contribution in [0.25, 0.3) is 11.1 Å². The molecule has 4 rings (SSSR count). The van der Waals surface area contributed by atoms with E-state index in [9.17, 15) is 4.79 Å². The molecule has 1 aromatic carbocycles. The van der Waals surface area contributed by atoms with Crippen LogP contribution in [0.3, 0.4) is 0 Å². The number of carbonyl (C=O) groups is 1. The Morgan fingerprint density at radius 3 is 2.67 bits per heavy atom. The van der Waals surface area contributed by atoms with Gasteiger partial charge < -0.3 is 19.0 Å². The SMILES string of the molecule is Cc1ncoc1C(=O)Nc1ccc(OCCN2CCCC2)c(-c2c(C)noc2C)c1. The molecule has 1 fully saturated rings. The van der Waals surface area contributed by atoms with Gasteiger partial charge in [-0.15, -0.1) is 0 Å². The third-order valence-electron chi connectivity index (χ3n) is 5.36. The number of hydrogen-bond acceptors (Lipinski definition) is 7. The fourth-order valence-corrected chi connectivity index (χ4v) is 3.80. The lowest BCUT2D eigenvalue weighted by molar-refractivity contribution is 0.0996. The first-order valence-electron chi connectivity index (χ1n) is 10.2. The number of likely N-dealkylation sites (tertiary alicyclic amines) is 1. The summed E-state index contributed by atoms with van der Waals surface area (Å²) in [6.07, 6.45) is 3.77. The van der Waals surface area contributed by atoms with Crippen LogP contribution in [0.2, 0.25) is 0 Å². The standard InChI is InChI=1S/C22H26N4O4/c1-14-20(16(3)30-25-14)18-12-17(24-22(27)21-15(2)23-13-29-21)6-7-19(18)28-11-10-26-8-4-5-9-26/h6-7,12-13H,4-5,8-11H2,1-3H3,(H,24,27). The highest BCUT2D eigenvalue weighted by atomic mass is 16.5. The number of anilines is 1. The van der Waals surface area contributed by atoms with Gasteiger partial charge in [-0.2, -0.15) is 0 Å². The van der Waals surface area contributed by atoms with E-state index in [4.69, 9.17) is 13.7 Å². The zero-order valence-electron chi connectivity index (χ0n) is 17.5. The second-order valence-electron chi connectivity index (χ2n) is 7.53. The van der Waals surface area contributed by atoms with E-state index in [0.29, 0.717) is 23.7 Å². The second-order valence-corrected chi connectivity index (χ2v) is 7.53. The smallest absolute Gasteiger partial charge is 0.293 e. The molecule has 8 heteroatoms. The van der Waals surface area contributed by atoms with Crippen molar-refractivity contribution in [2.75, 3.05) is 31.6 Å². The van der Waals surface area contributed by atoms with Crippen LogP contribution >= 0.6 is 0 Å². The lowest BCUT2D eigenvalue weighted by Gasteiger charge is -2.17. The van der Waals surface area contributed by atoms with Gasteiger partial charge in [0, 0.05) is 17.8 Å². The van der Waals surface area contributed by atoms with E-state index in [1.54, 1.807) is 6.92 Å². The first-order valence-corrected chi connectivity index (χ1v) is 10.2. The van der Waals surface area contributed by atoms with E-state index in [0.717, 1.165) is 42.2 Å². The van der Waals surface area contributed by atoms with Gasteiger partial charge in [0.05, 0.1) is 17.0 Å². The van der Waals surface area contributed by atoms with Crippen LogP contribution in [0, 0.1) is 20.8 Å². The van der Waals surface area contributed by atoms with E-state index in [1.807, 2.05) is 32.0 Å². The first-order chi connectivity index (χ1) is 14.5. The molecule has 1 N–H and O–H groups in total. The van der Waals surface area contributed by atoms with E-state index in [2.05, 4.69) is 20.4 Å². The van der Waals surface area contributed by atoms with Crippen LogP contribution in [-0.4, -0.2) is 47.2 Å². The topological polar surface area (TPSA) is 93.6 Å². The van der Waals surface area contributed by atoms with Crippen molar-refractivity contribution >= 4 is 11.6 Å². The number of oxazole rings is 1. The van der Waals surface area contributed by atoms with Gasteiger partial charge >= 0.3 is 0 Å². The van der Waals surface area contributed by atoms with E-state index < -0.39 is 0 Å². The normalized spacial score (nSPS) is 14.2. The van der Waals surface area contributed by atoms with Crippen molar-refractivity contribution in [1.82, 2.24) is 15.0 Å². The highest BCUT2D eigenvalue weighted by Gasteiger charge is 2.20. The van der Waals surface area contributed by atoms with Crippen molar-refractivity contribution in [2.24, 2.45) is 0 Å². The Balaban J connectivity index is 1.58. The Morgan fingerprint density at radius 2 is 2.00 bits per heavy atom. The molecule has 0 atom stereocenters. The maximum absolute atomic E-state index is 12.5. The summed E-state index contributed by atoms with van der Waals surface area (Å²) in [4.78, 5) is 18.9. The Bertz CT molecular complexity index is 1010. The lowest BCUT2D eigenvalue weighted by Crippen LogP contribution is -2.25. The van der Waals surface area contributed by atoms with Crippen LogP contribution in [0.5, 0.6) is 5.75 Å². The number of ether oxygens (including phenoxy) is 1. The number of aromatic nitrogens is 2. The van der Waals surface area contributed by atoms with Gasteiger partial charge in [0.2, 0.25) is 5.76 Å². The summed E-state index contributed by atoms with van der Waals surface area (Å²) in [7, 11) is 0. The first kappa shape index (κ1) is 20.2. The molecule has 3 aromatic rings. The predicted octanol–water partition coefficient (Wildman–Crippen LogP) is 3.98. The van der Waals surface area contributed by atoms with E-state index >= 15 is 0 Å². The summed E-state index contributed by atoms with van der Waals surface area (Å²) in [5, 5.41) is 6.94. The summed E-state index contributed by atoms with van der Waals surface area (Å²) in [6, 6.07) is 5.56. The van der Waals surface area contributed by atoms with Gasteiger partial charge in [0.15, 0.2) is 6.39 Å². The van der Waals surface area contributed by atoms with Gasteiger partial charge in [-0.25, -0.2) is 4.98 Å². The highest BCUT2D eigenvalue weighted by molar-refractivity contribution is 6.03. The Hall–Kier alpha value is -3.13. The molecule has 1 aliphatic heterocycles. The van der Waals surface area contributed by atoms with Crippen molar-refractivity contribution in [3.8, 4) is 16.9 Å². The number of amides is 1. The van der Waals surface area contributed by atoms with E-state index in [1.165, 1.54) is 19.2 Å². The Morgan fingerprint density at radius 1 is 1.20 bits per heavy atom. The zero-order valence-corrected chi connectivity index (χ0v) is 17.5. The molecule has 30 heavy (non-hydrogen) atoms. The summed E-state index contributed by atoms with van der Waals surface area (Å²) in [5.41, 5.74) is 3.64. The van der Waals surface area contributed by atoms with Crippen LogP contribution in [0.15, 0.2) is 33.5 Å². The molecule has 1 aliphatic rings. The molecule has 0 spiro atoms. The molecule has 0 unspecified atom stereocenters. The number of hydrogen-bond donors (Lipinski definition) is 1. The molecular formula is C22H26N4O4. The highest BCUT2D eigenvalue weighted by Crippen LogP contribution is 2.37. The van der Waals surface area contributed by atoms with Crippen LogP contribution in [0.4, 0.5) is 5.69 Å². The lowest BCUT2D eigenvalue weighted by atomic mass is 10.0. The summed E-state index contributed by atoms with van der Waals surface area (Å²) in [5.74, 6) is 1.28. The third-order valence-corrected chi connectivity index (χ3v) is 5.36. The molecule has 0 radical (unpaired) electrons. The number of nitrogens with zero attached hydrogens (tertiary/aromatic N) is 3. The summed E-state index contributed by atoms with van der Waals surface area (Å²) in [6.45, 7) is 9.24. The molecule has 2 aromatic heterocycles. The number of carbonyl (C=O) groups excluding carboxylic acids is 1. The van der Waals surface area contributed by atoms with Gasteiger partial charge in [0.25, 0.3) is 5.91 Å². The monoisotopic (exact) mass is 410 g/mol. The van der Waals surface area contributed by atoms with Crippen molar-refractivity contribution in [3.05, 3.63) is 47.5 Å². The number of aryl methyl sites for hydroxylation is 3. The summed E-state index contributed by atoms with van der Waals surface area (Å²) >= 11 is 0. The third kappa shape index (κ3) is 4.23.